The Morgan fingerprint density at radius 3 is 2.75 bits per heavy atom. The van der Waals surface area contributed by atoms with Crippen molar-refractivity contribution >= 4 is 34.3 Å². The van der Waals surface area contributed by atoms with Crippen molar-refractivity contribution in [1.29, 1.82) is 0 Å². The first kappa shape index (κ1) is 16.5. The molecule has 122 valence electrons. The summed E-state index contributed by atoms with van der Waals surface area (Å²) >= 11 is 7.62. The van der Waals surface area contributed by atoms with Crippen LogP contribution in [0.2, 0.25) is 5.02 Å². The zero-order chi connectivity index (χ0) is 17.1. The van der Waals surface area contributed by atoms with E-state index in [2.05, 4.69) is 15.5 Å². The molecule has 0 saturated heterocycles. The molecule has 0 aliphatic heterocycles. The summed E-state index contributed by atoms with van der Waals surface area (Å²) in [4.78, 5) is 4.50. The number of thiazole rings is 1. The molecule has 0 amide bonds. The fourth-order valence-corrected chi connectivity index (χ4v) is 3.20. The van der Waals surface area contributed by atoms with Crippen molar-refractivity contribution in [1.82, 2.24) is 4.98 Å². The first-order valence-electron chi connectivity index (χ1n) is 7.35. The van der Waals surface area contributed by atoms with Gasteiger partial charge in [0, 0.05) is 21.5 Å². The van der Waals surface area contributed by atoms with E-state index in [4.69, 9.17) is 11.6 Å². The maximum atomic E-state index is 10.2. The number of halogens is 1. The number of aryl methyl sites for hydroxylation is 1. The molecule has 1 aromatic heterocycles. The van der Waals surface area contributed by atoms with Crippen LogP contribution in [-0.2, 0) is 0 Å². The van der Waals surface area contributed by atoms with Crippen LogP contribution in [0.3, 0.4) is 0 Å². The smallest absolute Gasteiger partial charge is 0.203 e. The number of anilines is 1. The molecule has 0 unspecified atom stereocenters. The van der Waals surface area contributed by atoms with Crippen molar-refractivity contribution in [2.75, 3.05) is 5.43 Å². The molecular formula is C18H16ClN3OS. The first-order chi connectivity index (χ1) is 11.6. The highest BCUT2D eigenvalue weighted by Crippen LogP contribution is 2.30. The lowest BCUT2D eigenvalue weighted by Gasteiger charge is -2.08. The van der Waals surface area contributed by atoms with Gasteiger partial charge in [-0.15, -0.1) is 11.3 Å². The Kier molecular flexibility index (Phi) is 4.83. The lowest BCUT2D eigenvalue weighted by atomic mass is 10.0. The molecule has 4 nitrogen and oxygen atoms in total. The number of hydrazone groups is 1. The van der Waals surface area contributed by atoms with Crippen molar-refractivity contribution in [2.45, 2.75) is 13.8 Å². The highest BCUT2D eigenvalue weighted by Gasteiger charge is 2.10. The summed E-state index contributed by atoms with van der Waals surface area (Å²) in [5.74, 6) is 0.187. The highest BCUT2D eigenvalue weighted by molar-refractivity contribution is 7.14. The lowest BCUT2D eigenvalue weighted by molar-refractivity contribution is 0.470. The minimum atomic E-state index is 0.187. The number of nitrogens with one attached hydrogen (secondary N) is 1. The number of benzene rings is 2. The molecule has 3 rings (SSSR count). The largest absolute Gasteiger partial charge is 0.507 e. The Bertz CT molecular complexity index is 865. The van der Waals surface area contributed by atoms with Gasteiger partial charge in [-0.3, -0.25) is 5.43 Å². The third kappa shape index (κ3) is 3.42. The van der Waals surface area contributed by atoms with E-state index in [1.54, 1.807) is 19.2 Å². The normalized spacial score (nSPS) is 11.1. The summed E-state index contributed by atoms with van der Waals surface area (Å²) in [6.07, 6.45) is 1.56. The number of hydrogen-bond donors (Lipinski definition) is 2. The van der Waals surface area contributed by atoms with Crippen LogP contribution in [0, 0.1) is 13.8 Å². The molecule has 2 N–H and O–H groups in total. The third-order valence-electron chi connectivity index (χ3n) is 3.66. The lowest BCUT2D eigenvalue weighted by Crippen LogP contribution is -1.95. The molecule has 0 atom stereocenters. The minimum Gasteiger partial charge on any atom is -0.507 e. The Morgan fingerprint density at radius 2 is 2.00 bits per heavy atom. The minimum absolute atomic E-state index is 0.187. The number of rotatable bonds is 4. The molecule has 3 aromatic rings. The topological polar surface area (TPSA) is 57.5 Å². The zero-order valence-corrected chi connectivity index (χ0v) is 14.8. The summed E-state index contributed by atoms with van der Waals surface area (Å²) < 4.78 is 0. The standard InChI is InChI=1S/C18H16ClN3OS/c1-11-8-15(19)12(2)14(17(11)23)9-20-22-18-21-16(10-24-18)13-6-4-3-5-7-13/h3-10,23H,1-2H3,(H,21,22). The van der Waals surface area contributed by atoms with Crippen LogP contribution >= 0.6 is 22.9 Å². The van der Waals surface area contributed by atoms with Gasteiger partial charge in [0.2, 0.25) is 5.13 Å². The van der Waals surface area contributed by atoms with Gasteiger partial charge < -0.3 is 5.11 Å². The van der Waals surface area contributed by atoms with Gasteiger partial charge in [0.1, 0.15) is 5.75 Å². The van der Waals surface area contributed by atoms with Gasteiger partial charge >= 0.3 is 0 Å². The van der Waals surface area contributed by atoms with Crippen LogP contribution in [0.15, 0.2) is 46.9 Å². The van der Waals surface area contributed by atoms with Crippen LogP contribution in [0.5, 0.6) is 5.75 Å². The van der Waals surface area contributed by atoms with Gasteiger partial charge in [0.15, 0.2) is 0 Å². The van der Waals surface area contributed by atoms with E-state index < -0.39 is 0 Å². The van der Waals surface area contributed by atoms with Crippen LogP contribution in [0.25, 0.3) is 11.3 Å². The molecule has 0 bridgehead atoms. The number of phenols is 1. The van der Waals surface area contributed by atoms with Crippen molar-refractivity contribution in [3.8, 4) is 17.0 Å². The molecule has 24 heavy (non-hydrogen) atoms. The van der Waals surface area contributed by atoms with Crippen molar-refractivity contribution in [3.05, 3.63) is 63.5 Å². The second-order valence-corrected chi connectivity index (χ2v) is 6.60. The molecule has 0 fully saturated rings. The number of aromatic hydroxyl groups is 1. The quantitative estimate of drug-likeness (QED) is 0.496. The Balaban J connectivity index is 1.78. The average molecular weight is 358 g/mol. The van der Waals surface area contributed by atoms with Crippen LogP contribution in [0.1, 0.15) is 16.7 Å². The molecule has 0 aliphatic rings. The van der Waals surface area contributed by atoms with Crippen molar-refractivity contribution in [2.24, 2.45) is 5.10 Å². The predicted molar refractivity (Wildman–Crippen MR) is 101 cm³/mol. The molecule has 1 heterocycles. The van der Waals surface area contributed by atoms with Gasteiger partial charge in [0.25, 0.3) is 0 Å². The summed E-state index contributed by atoms with van der Waals surface area (Å²) in [6.45, 7) is 3.65. The van der Waals surface area contributed by atoms with E-state index >= 15 is 0 Å². The van der Waals surface area contributed by atoms with E-state index in [1.807, 2.05) is 42.6 Å². The second-order valence-electron chi connectivity index (χ2n) is 5.34. The van der Waals surface area contributed by atoms with Gasteiger partial charge in [-0.1, -0.05) is 41.9 Å². The molecule has 6 heteroatoms. The maximum Gasteiger partial charge on any atom is 0.203 e. The van der Waals surface area contributed by atoms with Gasteiger partial charge in [-0.25, -0.2) is 4.98 Å². The number of hydrogen-bond acceptors (Lipinski definition) is 5. The molecular weight excluding hydrogens is 342 g/mol. The third-order valence-corrected chi connectivity index (χ3v) is 4.80. The summed E-state index contributed by atoms with van der Waals surface area (Å²) in [7, 11) is 0. The summed E-state index contributed by atoms with van der Waals surface area (Å²) in [6, 6.07) is 11.7. The average Bonchev–Trinajstić information content (AvgIpc) is 3.06. The molecule has 0 radical (unpaired) electrons. The molecule has 0 spiro atoms. The van der Waals surface area contributed by atoms with E-state index in [0.29, 0.717) is 21.3 Å². The van der Waals surface area contributed by atoms with Crippen LogP contribution in [0.4, 0.5) is 5.13 Å². The Morgan fingerprint density at radius 1 is 1.25 bits per heavy atom. The molecule has 2 aromatic carbocycles. The number of nitrogens with zero attached hydrogens (tertiary/aromatic N) is 2. The Labute approximate surface area is 149 Å². The number of aromatic nitrogens is 1. The second kappa shape index (κ2) is 7.03. The maximum absolute atomic E-state index is 10.2. The zero-order valence-electron chi connectivity index (χ0n) is 13.2. The van der Waals surface area contributed by atoms with Crippen molar-refractivity contribution in [3.63, 3.8) is 0 Å². The highest BCUT2D eigenvalue weighted by atomic mass is 35.5. The number of phenolic OH excluding ortho intramolecular Hbond substituents is 1. The Hall–Kier alpha value is -2.37. The van der Waals surface area contributed by atoms with E-state index in [0.717, 1.165) is 16.8 Å². The van der Waals surface area contributed by atoms with E-state index in [1.165, 1.54) is 11.3 Å². The van der Waals surface area contributed by atoms with Crippen LogP contribution in [-0.4, -0.2) is 16.3 Å². The fourth-order valence-electron chi connectivity index (χ4n) is 2.26. The van der Waals surface area contributed by atoms with E-state index in [-0.39, 0.29) is 5.75 Å². The first-order valence-corrected chi connectivity index (χ1v) is 8.60. The van der Waals surface area contributed by atoms with Gasteiger partial charge in [-0.05, 0) is 31.0 Å². The summed E-state index contributed by atoms with van der Waals surface area (Å²) in [5.41, 5.74) is 6.96. The molecule has 0 saturated carbocycles. The summed E-state index contributed by atoms with van der Waals surface area (Å²) in [5, 5.41) is 17.6. The van der Waals surface area contributed by atoms with Gasteiger partial charge in [-0.2, -0.15) is 5.10 Å². The van der Waals surface area contributed by atoms with Crippen LogP contribution < -0.4 is 5.43 Å². The SMILES string of the molecule is Cc1cc(Cl)c(C)c(C=NNc2nc(-c3ccccc3)cs2)c1O. The van der Waals surface area contributed by atoms with Gasteiger partial charge in [0.05, 0.1) is 11.9 Å². The predicted octanol–water partition coefficient (Wildman–Crippen LogP) is 5.23. The van der Waals surface area contributed by atoms with Crippen molar-refractivity contribution < 1.29 is 5.11 Å². The van der Waals surface area contributed by atoms with E-state index in [9.17, 15) is 5.11 Å². The molecule has 0 aliphatic carbocycles. The monoisotopic (exact) mass is 357 g/mol. The fraction of sp³-hybridized carbons (Fsp3) is 0.111.